The molecule has 1 amide bonds. The van der Waals surface area contributed by atoms with E-state index in [1.807, 2.05) is 30.3 Å². The number of carbonyl (C=O) groups excluding carboxylic acids is 2. The number of amides is 1. The molecular formula is C29H21ClN2O4S. The number of hydrogen-bond acceptors (Lipinski definition) is 6. The Kier molecular flexibility index (Phi) is 6.90. The number of carbonyl (C=O) groups is 2. The van der Waals surface area contributed by atoms with Gasteiger partial charge in [-0.2, -0.15) is 0 Å². The van der Waals surface area contributed by atoms with Crippen molar-refractivity contribution in [2.75, 3.05) is 11.5 Å². The lowest BCUT2D eigenvalue weighted by Crippen LogP contribution is -2.30. The van der Waals surface area contributed by atoms with Crippen LogP contribution in [0.25, 0.3) is 16.3 Å². The van der Waals surface area contributed by atoms with Crippen molar-refractivity contribution >= 4 is 56.1 Å². The third kappa shape index (κ3) is 4.91. The van der Waals surface area contributed by atoms with E-state index in [1.54, 1.807) is 54.6 Å². The van der Waals surface area contributed by atoms with E-state index in [1.165, 1.54) is 22.3 Å². The molecule has 0 aliphatic carbocycles. The zero-order valence-corrected chi connectivity index (χ0v) is 21.1. The number of aliphatic hydroxyl groups excluding tert-OH is 1. The van der Waals surface area contributed by atoms with E-state index in [0.717, 1.165) is 10.3 Å². The molecule has 1 aromatic heterocycles. The second-order valence-corrected chi connectivity index (χ2v) is 9.67. The van der Waals surface area contributed by atoms with Crippen molar-refractivity contribution in [3.05, 3.63) is 119 Å². The van der Waals surface area contributed by atoms with E-state index in [2.05, 4.69) is 11.6 Å². The number of aliphatic hydroxyl groups is 1. The molecule has 0 saturated heterocycles. The molecule has 5 rings (SSSR count). The molecular weight excluding hydrogens is 508 g/mol. The normalized spacial score (nSPS) is 15.6. The summed E-state index contributed by atoms with van der Waals surface area (Å²) in [6.07, 6.45) is 4.66. The van der Waals surface area contributed by atoms with Gasteiger partial charge in [0.25, 0.3) is 5.91 Å². The molecule has 1 aliphatic heterocycles. The molecule has 2 heterocycles. The number of rotatable bonds is 8. The number of nitrogens with zero attached hydrogens (tertiary/aromatic N) is 2. The molecule has 1 atom stereocenters. The summed E-state index contributed by atoms with van der Waals surface area (Å²) in [5, 5.41) is 11.8. The lowest BCUT2D eigenvalue weighted by Gasteiger charge is -2.24. The van der Waals surface area contributed by atoms with Crippen LogP contribution >= 0.6 is 22.9 Å². The lowest BCUT2D eigenvalue weighted by atomic mass is 9.95. The summed E-state index contributed by atoms with van der Waals surface area (Å²) < 4.78 is 6.36. The van der Waals surface area contributed by atoms with Crippen LogP contribution in [0, 0.1) is 0 Å². The third-order valence-electron chi connectivity index (χ3n) is 5.81. The second-order valence-electron chi connectivity index (χ2n) is 8.23. The first-order chi connectivity index (χ1) is 18.0. The second kappa shape index (κ2) is 10.4. The molecule has 0 spiro atoms. The van der Waals surface area contributed by atoms with Crippen molar-refractivity contribution in [1.82, 2.24) is 4.98 Å². The Labute approximate surface area is 222 Å². The van der Waals surface area contributed by atoms with Crippen LogP contribution in [0.4, 0.5) is 5.13 Å². The van der Waals surface area contributed by atoms with Gasteiger partial charge in [-0.3, -0.25) is 14.5 Å². The van der Waals surface area contributed by atoms with Gasteiger partial charge < -0.3 is 9.84 Å². The van der Waals surface area contributed by atoms with E-state index < -0.39 is 23.5 Å². The molecule has 1 aliphatic rings. The molecule has 3 aromatic carbocycles. The summed E-state index contributed by atoms with van der Waals surface area (Å²) in [7, 11) is 0. The smallest absolute Gasteiger partial charge is 0.296 e. The first kappa shape index (κ1) is 24.5. The highest BCUT2D eigenvalue weighted by Gasteiger charge is 2.45. The Bertz CT molecular complexity index is 1560. The van der Waals surface area contributed by atoms with Gasteiger partial charge in [-0.15, -0.1) is 0 Å². The highest BCUT2D eigenvalue weighted by molar-refractivity contribution is 7.22. The zero-order chi connectivity index (χ0) is 25.9. The fourth-order valence-corrected chi connectivity index (χ4v) is 5.35. The summed E-state index contributed by atoms with van der Waals surface area (Å²) in [6.45, 7) is 3.99. The number of ketones is 1. The minimum Gasteiger partial charge on any atom is -0.503 e. The van der Waals surface area contributed by atoms with E-state index >= 15 is 0 Å². The number of anilines is 1. The predicted octanol–water partition coefficient (Wildman–Crippen LogP) is 6.70. The number of hydrogen-bond donors (Lipinski definition) is 1. The van der Waals surface area contributed by atoms with Crippen molar-refractivity contribution in [2.45, 2.75) is 6.04 Å². The average molecular weight is 529 g/mol. The van der Waals surface area contributed by atoms with Crippen LogP contribution in [0.15, 0.2) is 103 Å². The van der Waals surface area contributed by atoms with Gasteiger partial charge in [0, 0.05) is 5.02 Å². The van der Waals surface area contributed by atoms with Crippen LogP contribution in [-0.4, -0.2) is 28.4 Å². The van der Waals surface area contributed by atoms with Gasteiger partial charge in [0.05, 0.1) is 21.8 Å². The van der Waals surface area contributed by atoms with Crippen molar-refractivity contribution in [1.29, 1.82) is 0 Å². The van der Waals surface area contributed by atoms with Crippen molar-refractivity contribution in [3.8, 4) is 5.75 Å². The SMILES string of the molecule is C=CCOc1ccc(C2C(C(=O)/C=C/c3ccccc3)=C(O)C(=O)N2c2nc3ccc(Cl)cc3s2)cc1. The van der Waals surface area contributed by atoms with Crippen LogP contribution in [0.2, 0.25) is 5.02 Å². The molecule has 8 heteroatoms. The predicted molar refractivity (Wildman–Crippen MR) is 147 cm³/mol. The Morgan fingerprint density at radius 3 is 2.62 bits per heavy atom. The number of aromatic nitrogens is 1. The number of benzene rings is 3. The van der Waals surface area contributed by atoms with Crippen LogP contribution in [0.3, 0.4) is 0 Å². The molecule has 6 nitrogen and oxygen atoms in total. The number of halogens is 1. The molecule has 0 radical (unpaired) electrons. The van der Waals surface area contributed by atoms with Crippen LogP contribution in [-0.2, 0) is 9.59 Å². The molecule has 37 heavy (non-hydrogen) atoms. The average Bonchev–Trinajstić information content (AvgIpc) is 3.44. The van der Waals surface area contributed by atoms with Gasteiger partial charge >= 0.3 is 0 Å². The highest BCUT2D eigenvalue weighted by atomic mass is 35.5. The fourth-order valence-electron chi connectivity index (χ4n) is 4.09. The monoisotopic (exact) mass is 528 g/mol. The fraction of sp³-hybridized carbons (Fsp3) is 0.0690. The number of fused-ring (bicyclic) bond motifs is 1. The first-order valence-electron chi connectivity index (χ1n) is 11.4. The molecule has 0 fully saturated rings. The zero-order valence-electron chi connectivity index (χ0n) is 19.5. The molecule has 1 unspecified atom stereocenters. The van der Waals surface area contributed by atoms with E-state index in [-0.39, 0.29) is 5.57 Å². The number of ether oxygens (including phenoxy) is 1. The largest absolute Gasteiger partial charge is 0.503 e. The maximum atomic E-state index is 13.4. The molecule has 0 bridgehead atoms. The summed E-state index contributed by atoms with van der Waals surface area (Å²) >= 11 is 7.40. The highest BCUT2D eigenvalue weighted by Crippen LogP contribution is 2.44. The molecule has 1 N–H and O–H groups in total. The van der Waals surface area contributed by atoms with Crippen molar-refractivity contribution in [2.24, 2.45) is 0 Å². The maximum Gasteiger partial charge on any atom is 0.296 e. The molecule has 4 aromatic rings. The maximum absolute atomic E-state index is 13.4. The van der Waals surface area contributed by atoms with Crippen molar-refractivity contribution < 1.29 is 19.4 Å². The Morgan fingerprint density at radius 1 is 1.14 bits per heavy atom. The first-order valence-corrected chi connectivity index (χ1v) is 12.6. The minimum absolute atomic E-state index is 0.0192. The van der Waals surface area contributed by atoms with E-state index in [0.29, 0.717) is 33.6 Å². The summed E-state index contributed by atoms with van der Waals surface area (Å²) in [6, 6.07) is 20.7. The quantitative estimate of drug-likeness (QED) is 0.203. The van der Waals surface area contributed by atoms with Crippen LogP contribution < -0.4 is 9.64 Å². The van der Waals surface area contributed by atoms with Gasteiger partial charge in [0.15, 0.2) is 16.7 Å². The van der Waals surface area contributed by atoms with E-state index in [4.69, 9.17) is 16.3 Å². The Morgan fingerprint density at radius 2 is 1.89 bits per heavy atom. The molecule has 0 saturated carbocycles. The summed E-state index contributed by atoms with van der Waals surface area (Å²) in [5.41, 5.74) is 2.08. The van der Waals surface area contributed by atoms with Gasteiger partial charge in [-0.25, -0.2) is 4.98 Å². The topological polar surface area (TPSA) is 79.7 Å². The number of allylic oxidation sites excluding steroid dienone is 1. The minimum atomic E-state index is -0.884. The van der Waals surface area contributed by atoms with Gasteiger partial charge in [-0.1, -0.05) is 84.1 Å². The summed E-state index contributed by atoms with van der Waals surface area (Å²) in [5.74, 6) is -1.16. The van der Waals surface area contributed by atoms with Crippen LogP contribution in [0.1, 0.15) is 17.2 Å². The Balaban J connectivity index is 1.58. The standard InChI is InChI=1S/C29H21ClN2O4S/c1-2-16-36-21-12-9-19(10-13-21)26-25(23(33)15-8-18-6-4-3-5-7-18)27(34)28(35)32(26)29-31-22-14-11-20(30)17-24(22)37-29/h2-15,17,26,34H,1,16H2/b15-8+. The lowest BCUT2D eigenvalue weighted by molar-refractivity contribution is -0.117. The van der Waals surface area contributed by atoms with Crippen LogP contribution in [0.5, 0.6) is 5.75 Å². The molecule has 184 valence electrons. The van der Waals surface area contributed by atoms with Crippen molar-refractivity contribution in [3.63, 3.8) is 0 Å². The summed E-state index contributed by atoms with van der Waals surface area (Å²) in [4.78, 5) is 32.7. The van der Waals surface area contributed by atoms with E-state index in [9.17, 15) is 14.7 Å². The third-order valence-corrected chi connectivity index (χ3v) is 7.06. The van der Waals surface area contributed by atoms with Gasteiger partial charge in [0.1, 0.15) is 12.4 Å². The van der Waals surface area contributed by atoms with Gasteiger partial charge in [0.2, 0.25) is 0 Å². The van der Waals surface area contributed by atoms with Gasteiger partial charge in [-0.05, 0) is 47.5 Å². The number of thiazole rings is 1. The Hall–Kier alpha value is -4.20.